The second-order valence-corrected chi connectivity index (χ2v) is 6.77. The van der Waals surface area contributed by atoms with Crippen LogP contribution in [0.15, 0.2) is 30.6 Å². The van der Waals surface area contributed by atoms with Gasteiger partial charge in [-0.2, -0.15) is 0 Å². The van der Waals surface area contributed by atoms with Gasteiger partial charge < -0.3 is 10.2 Å². The molecule has 2 aromatic rings. The molecule has 1 N–H and O–H groups in total. The third-order valence-corrected chi connectivity index (χ3v) is 5.20. The van der Waals surface area contributed by atoms with Gasteiger partial charge in [-0.05, 0) is 42.9 Å². The highest BCUT2D eigenvalue weighted by Crippen LogP contribution is 2.35. The Kier molecular flexibility index (Phi) is 5.59. The van der Waals surface area contributed by atoms with E-state index >= 15 is 0 Å². The van der Waals surface area contributed by atoms with Crippen molar-refractivity contribution in [2.24, 2.45) is 0 Å². The molecule has 0 radical (unpaired) electrons. The number of hydrogen-bond acceptors (Lipinski definition) is 4. The Morgan fingerprint density at radius 3 is 2.67 bits per heavy atom. The molecule has 6 heteroatoms. The fraction of sp³-hybridized carbons (Fsp3) is 0.444. The molecule has 2 heterocycles. The minimum absolute atomic E-state index is 0. The number of nitrogens with zero attached hydrogens (tertiary/aromatic N) is 3. The Hall–Kier alpha value is -1.36. The molecule has 0 saturated carbocycles. The maximum atomic E-state index is 6.28. The first-order valence-electron chi connectivity index (χ1n) is 8.38. The lowest BCUT2D eigenvalue weighted by atomic mass is 10.1. The molecule has 1 fully saturated rings. The van der Waals surface area contributed by atoms with Gasteiger partial charge in [-0.15, -0.1) is 12.4 Å². The molecule has 4 rings (SSSR count). The Labute approximate surface area is 154 Å². The fourth-order valence-electron chi connectivity index (χ4n) is 3.58. The van der Waals surface area contributed by atoms with E-state index < -0.39 is 0 Å². The lowest BCUT2D eigenvalue weighted by Gasteiger charge is -2.16. The summed E-state index contributed by atoms with van der Waals surface area (Å²) in [7, 11) is 0. The Balaban J connectivity index is 0.00000169. The van der Waals surface area contributed by atoms with Crippen molar-refractivity contribution in [3.63, 3.8) is 0 Å². The van der Waals surface area contributed by atoms with Crippen LogP contribution in [0.4, 0.5) is 5.95 Å². The number of nitrogens with one attached hydrogen (secondary N) is 1. The predicted octanol–water partition coefficient (Wildman–Crippen LogP) is 3.93. The van der Waals surface area contributed by atoms with Crippen molar-refractivity contribution in [1.29, 1.82) is 0 Å². The van der Waals surface area contributed by atoms with Crippen LogP contribution in [0.5, 0.6) is 0 Å². The van der Waals surface area contributed by atoms with E-state index in [4.69, 9.17) is 11.6 Å². The molecular formula is C18H22Cl2N4. The zero-order valence-electron chi connectivity index (χ0n) is 13.5. The van der Waals surface area contributed by atoms with Crippen LogP contribution in [0.2, 0.25) is 5.02 Å². The standard InChI is InChI=1S/C18H21ClN4.ClH/c19-16-5-3-4-15-14(16)6-7-17(15)20-10-13-11-21-18(22-12-13)23-8-1-2-9-23;/h3-5,11-12,17,20H,1-2,6-10H2;1H. The highest BCUT2D eigenvalue weighted by atomic mass is 35.5. The van der Waals surface area contributed by atoms with E-state index in [0.717, 1.165) is 49.0 Å². The third-order valence-electron chi connectivity index (χ3n) is 4.85. The van der Waals surface area contributed by atoms with Crippen molar-refractivity contribution in [3.05, 3.63) is 52.3 Å². The van der Waals surface area contributed by atoms with Crippen LogP contribution in [-0.2, 0) is 13.0 Å². The monoisotopic (exact) mass is 364 g/mol. The summed E-state index contributed by atoms with van der Waals surface area (Å²) < 4.78 is 0. The van der Waals surface area contributed by atoms with Gasteiger partial charge in [0, 0.05) is 48.7 Å². The van der Waals surface area contributed by atoms with Crippen molar-refractivity contribution < 1.29 is 0 Å². The van der Waals surface area contributed by atoms with Gasteiger partial charge in [0.25, 0.3) is 0 Å². The van der Waals surface area contributed by atoms with Crippen LogP contribution < -0.4 is 10.2 Å². The van der Waals surface area contributed by atoms with Crippen molar-refractivity contribution in [2.45, 2.75) is 38.3 Å². The largest absolute Gasteiger partial charge is 0.341 e. The molecule has 128 valence electrons. The molecule has 1 aliphatic heterocycles. The number of halogens is 2. The van der Waals surface area contributed by atoms with Crippen LogP contribution in [-0.4, -0.2) is 23.1 Å². The highest BCUT2D eigenvalue weighted by Gasteiger charge is 2.23. The predicted molar refractivity (Wildman–Crippen MR) is 100 cm³/mol. The molecule has 1 saturated heterocycles. The number of anilines is 1. The van der Waals surface area contributed by atoms with E-state index in [0.29, 0.717) is 6.04 Å². The maximum Gasteiger partial charge on any atom is 0.225 e. The molecule has 2 aliphatic rings. The van der Waals surface area contributed by atoms with E-state index in [2.05, 4.69) is 26.3 Å². The van der Waals surface area contributed by atoms with Gasteiger partial charge in [-0.3, -0.25) is 0 Å². The number of aromatic nitrogens is 2. The van der Waals surface area contributed by atoms with Gasteiger partial charge in [0.05, 0.1) is 0 Å². The molecule has 1 aliphatic carbocycles. The average molecular weight is 365 g/mol. The fourth-order valence-corrected chi connectivity index (χ4v) is 3.86. The summed E-state index contributed by atoms with van der Waals surface area (Å²) in [5.74, 6) is 0.865. The first-order valence-corrected chi connectivity index (χ1v) is 8.75. The van der Waals surface area contributed by atoms with Gasteiger partial charge in [-0.25, -0.2) is 9.97 Å². The van der Waals surface area contributed by atoms with Crippen LogP contribution in [0, 0.1) is 0 Å². The van der Waals surface area contributed by atoms with Crippen LogP contribution in [0.3, 0.4) is 0 Å². The second kappa shape index (κ2) is 7.68. The summed E-state index contributed by atoms with van der Waals surface area (Å²) in [5.41, 5.74) is 3.77. The number of benzene rings is 1. The smallest absolute Gasteiger partial charge is 0.225 e. The zero-order valence-corrected chi connectivity index (χ0v) is 15.1. The second-order valence-electron chi connectivity index (χ2n) is 6.37. The van der Waals surface area contributed by atoms with Gasteiger partial charge >= 0.3 is 0 Å². The summed E-state index contributed by atoms with van der Waals surface area (Å²) >= 11 is 6.28. The van der Waals surface area contributed by atoms with Gasteiger partial charge in [0.2, 0.25) is 5.95 Å². The summed E-state index contributed by atoms with van der Waals surface area (Å²) in [6.07, 6.45) is 8.54. The normalized spacial score (nSPS) is 19.2. The van der Waals surface area contributed by atoms with E-state index in [9.17, 15) is 0 Å². The third kappa shape index (κ3) is 3.51. The van der Waals surface area contributed by atoms with Crippen LogP contribution in [0.1, 0.15) is 42.0 Å². The molecule has 0 bridgehead atoms. The average Bonchev–Trinajstić information content (AvgIpc) is 3.24. The van der Waals surface area contributed by atoms with Crippen LogP contribution in [0.25, 0.3) is 0 Å². The van der Waals surface area contributed by atoms with E-state index in [1.54, 1.807) is 0 Å². The molecule has 1 unspecified atom stereocenters. The summed E-state index contributed by atoms with van der Waals surface area (Å²) in [4.78, 5) is 11.3. The Bertz CT molecular complexity index is 684. The molecule has 4 nitrogen and oxygen atoms in total. The Morgan fingerprint density at radius 2 is 1.92 bits per heavy atom. The maximum absolute atomic E-state index is 6.28. The molecule has 0 spiro atoms. The van der Waals surface area contributed by atoms with Crippen molar-refractivity contribution in [1.82, 2.24) is 15.3 Å². The molecule has 1 aromatic heterocycles. The van der Waals surface area contributed by atoms with Gasteiger partial charge in [0.1, 0.15) is 0 Å². The number of fused-ring (bicyclic) bond motifs is 1. The highest BCUT2D eigenvalue weighted by molar-refractivity contribution is 6.31. The lowest BCUT2D eigenvalue weighted by molar-refractivity contribution is 0.529. The topological polar surface area (TPSA) is 41.1 Å². The van der Waals surface area contributed by atoms with Gasteiger partial charge in [-0.1, -0.05) is 23.7 Å². The first-order chi connectivity index (χ1) is 11.3. The first kappa shape index (κ1) is 17.5. The minimum atomic E-state index is 0. The summed E-state index contributed by atoms with van der Waals surface area (Å²) in [6.45, 7) is 2.95. The van der Waals surface area contributed by atoms with Crippen molar-refractivity contribution in [3.8, 4) is 0 Å². The van der Waals surface area contributed by atoms with Gasteiger partial charge in [0.15, 0.2) is 0 Å². The van der Waals surface area contributed by atoms with Crippen molar-refractivity contribution >= 4 is 30.0 Å². The Morgan fingerprint density at radius 1 is 1.17 bits per heavy atom. The quantitative estimate of drug-likeness (QED) is 0.892. The van der Waals surface area contributed by atoms with Crippen molar-refractivity contribution in [2.75, 3.05) is 18.0 Å². The molecular weight excluding hydrogens is 343 g/mol. The number of rotatable bonds is 4. The number of hydrogen-bond donors (Lipinski definition) is 1. The lowest BCUT2D eigenvalue weighted by Crippen LogP contribution is -2.21. The molecule has 1 atom stereocenters. The van der Waals surface area contributed by atoms with E-state index in [-0.39, 0.29) is 12.4 Å². The SMILES string of the molecule is Cl.Clc1cccc2c1CCC2NCc1cnc(N2CCCC2)nc1. The summed E-state index contributed by atoms with van der Waals surface area (Å²) in [6, 6.07) is 6.57. The van der Waals surface area contributed by atoms with E-state index in [1.165, 1.54) is 24.0 Å². The summed E-state index contributed by atoms with van der Waals surface area (Å²) in [5, 5.41) is 4.51. The molecule has 24 heavy (non-hydrogen) atoms. The van der Waals surface area contributed by atoms with Crippen LogP contribution >= 0.6 is 24.0 Å². The minimum Gasteiger partial charge on any atom is -0.341 e. The zero-order chi connectivity index (χ0) is 15.6. The molecule has 1 aromatic carbocycles. The molecule has 0 amide bonds. The van der Waals surface area contributed by atoms with E-state index in [1.807, 2.05) is 24.5 Å².